The van der Waals surface area contributed by atoms with Crippen LogP contribution in [0.4, 0.5) is 0 Å². The molecule has 1 atom stereocenters. The summed E-state index contributed by atoms with van der Waals surface area (Å²) in [5.41, 5.74) is 7.62. The summed E-state index contributed by atoms with van der Waals surface area (Å²) in [5.74, 6) is 0.995. The van der Waals surface area contributed by atoms with Gasteiger partial charge in [0.25, 0.3) is 0 Å². The smallest absolute Gasteiger partial charge is 0.227 e. The number of hydrogen-bond donors (Lipinski definition) is 1. The third-order valence-electron chi connectivity index (χ3n) is 3.90. The zero-order valence-corrected chi connectivity index (χ0v) is 11.8. The minimum absolute atomic E-state index is 0.153. The molecule has 1 aliphatic heterocycles. The van der Waals surface area contributed by atoms with Crippen molar-refractivity contribution in [2.45, 2.75) is 52.0 Å². The summed E-state index contributed by atoms with van der Waals surface area (Å²) in [5, 5.41) is 4.05. The van der Waals surface area contributed by atoms with Gasteiger partial charge in [0.05, 0.1) is 12.1 Å². The van der Waals surface area contributed by atoms with Crippen LogP contribution in [0, 0.1) is 0 Å². The maximum atomic E-state index is 12.4. The standard InChI is InChI=1S/C14H23N3O2/c1-3-12-11(13(4-2)19-16-12)8-14(18)17-7-5-6-10(17)9-15/h10H,3-9,15H2,1-2H3/t10-/m1/s1. The molecule has 2 N–H and O–H groups in total. The molecule has 0 aliphatic carbocycles. The third-order valence-corrected chi connectivity index (χ3v) is 3.90. The Morgan fingerprint density at radius 2 is 2.26 bits per heavy atom. The van der Waals surface area contributed by atoms with E-state index in [0.717, 1.165) is 49.2 Å². The number of nitrogens with zero attached hydrogens (tertiary/aromatic N) is 2. The molecule has 0 spiro atoms. The average molecular weight is 265 g/mol. The molecule has 1 saturated heterocycles. The van der Waals surface area contributed by atoms with E-state index in [1.807, 2.05) is 18.7 Å². The minimum atomic E-state index is 0.153. The Kier molecular flexibility index (Phi) is 4.58. The lowest BCUT2D eigenvalue weighted by Gasteiger charge is -2.23. The first-order valence-corrected chi connectivity index (χ1v) is 7.17. The fraction of sp³-hybridized carbons (Fsp3) is 0.714. The molecule has 2 rings (SSSR count). The molecule has 5 nitrogen and oxygen atoms in total. The van der Waals surface area contributed by atoms with Gasteiger partial charge in [-0.2, -0.15) is 0 Å². The van der Waals surface area contributed by atoms with Crippen LogP contribution in [0.3, 0.4) is 0 Å². The third kappa shape index (κ3) is 2.81. The van der Waals surface area contributed by atoms with Crippen molar-refractivity contribution in [1.29, 1.82) is 0 Å². The molecule has 0 unspecified atom stereocenters. The van der Waals surface area contributed by atoms with Crippen LogP contribution in [0.25, 0.3) is 0 Å². The molecule has 1 aliphatic rings. The number of carbonyl (C=O) groups excluding carboxylic acids is 1. The summed E-state index contributed by atoms with van der Waals surface area (Å²) in [6.07, 6.45) is 4.04. The summed E-state index contributed by atoms with van der Waals surface area (Å²) in [7, 11) is 0. The van der Waals surface area contributed by atoms with Crippen LogP contribution in [0.5, 0.6) is 0 Å². The van der Waals surface area contributed by atoms with Gasteiger partial charge in [0, 0.05) is 31.1 Å². The molecule has 106 valence electrons. The predicted molar refractivity (Wildman–Crippen MR) is 72.8 cm³/mol. The van der Waals surface area contributed by atoms with Crippen molar-refractivity contribution < 1.29 is 9.32 Å². The van der Waals surface area contributed by atoms with Gasteiger partial charge in [-0.25, -0.2) is 0 Å². The SMILES string of the molecule is CCc1noc(CC)c1CC(=O)N1CCC[C@@H]1CN. The summed E-state index contributed by atoms with van der Waals surface area (Å²) in [4.78, 5) is 14.3. The van der Waals surface area contributed by atoms with E-state index in [4.69, 9.17) is 10.3 Å². The van der Waals surface area contributed by atoms with Crippen molar-refractivity contribution in [2.24, 2.45) is 5.73 Å². The number of rotatable bonds is 5. The lowest BCUT2D eigenvalue weighted by molar-refractivity contribution is -0.131. The Labute approximate surface area is 114 Å². The molecule has 1 aromatic rings. The van der Waals surface area contributed by atoms with Gasteiger partial charge in [0.15, 0.2) is 0 Å². The van der Waals surface area contributed by atoms with Crippen molar-refractivity contribution in [3.05, 3.63) is 17.0 Å². The van der Waals surface area contributed by atoms with Gasteiger partial charge in [0.1, 0.15) is 5.76 Å². The maximum Gasteiger partial charge on any atom is 0.227 e. The molecule has 1 amide bonds. The number of hydrogen-bond acceptors (Lipinski definition) is 4. The monoisotopic (exact) mass is 265 g/mol. The van der Waals surface area contributed by atoms with Gasteiger partial charge in [-0.15, -0.1) is 0 Å². The molecule has 1 aromatic heterocycles. The van der Waals surface area contributed by atoms with Gasteiger partial charge >= 0.3 is 0 Å². The van der Waals surface area contributed by atoms with E-state index in [0.29, 0.717) is 13.0 Å². The second-order valence-corrected chi connectivity index (χ2v) is 5.03. The highest BCUT2D eigenvalue weighted by atomic mass is 16.5. The lowest BCUT2D eigenvalue weighted by Crippen LogP contribution is -2.40. The normalized spacial score (nSPS) is 19.1. The molecule has 2 heterocycles. The summed E-state index contributed by atoms with van der Waals surface area (Å²) >= 11 is 0. The molecule has 5 heteroatoms. The summed E-state index contributed by atoms with van der Waals surface area (Å²) in [6.45, 7) is 5.43. The Hall–Kier alpha value is -1.36. The maximum absolute atomic E-state index is 12.4. The van der Waals surface area contributed by atoms with Crippen LogP contribution in [0.2, 0.25) is 0 Å². The predicted octanol–water partition coefficient (Wildman–Crippen LogP) is 1.29. The van der Waals surface area contributed by atoms with E-state index in [9.17, 15) is 4.79 Å². The lowest BCUT2D eigenvalue weighted by atomic mass is 10.1. The largest absolute Gasteiger partial charge is 0.361 e. The van der Waals surface area contributed by atoms with E-state index in [1.165, 1.54) is 0 Å². The van der Waals surface area contributed by atoms with Gasteiger partial charge in [0.2, 0.25) is 5.91 Å². The number of aryl methyl sites for hydroxylation is 2. The Bertz CT molecular complexity index is 420. The second kappa shape index (κ2) is 6.19. The van der Waals surface area contributed by atoms with E-state index < -0.39 is 0 Å². The topological polar surface area (TPSA) is 72.4 Å². The highest BCUT2D eigenvalue weighted by Gasteiger charge is 2.29. The first-order chi connectivity index (χ1) is 9.21. The van der Waals surface area contributed by atoms with Crippen LogP contribution in [0.1, 0.15) is 43.7 Å². The zero-order chi connectivity index (χ0) is 13.8. The van der Waals surface area contributed by atoms with Gasteiger partial charge < -0.3 is 15.2 Å². The fourth-order valence-corrected chi connectivity index (χ4v) is 2.80. The van der Waals surface area contributed by atoms with E-state index >= 15 is 0 Å². The fourth-order valence-electron chi connectivity index (χ4n) is 2.80. The molecular formula is C14H23N3O2. The molecule has 1 fully saturated rings. The molecule has 0 radical (unpaired) electrons. The molecule has 0 saturated carbocycles. The van der Waals surface area contributed by atoms with Crippen molar-refractivity contribution >= 4 is 5.91 Å². The number of carbonyl (C=O) groups is 1. The van der Waals surface area contributed by atoms with Crippen LogP contribution in [0.15, 0.2) is 4.52 Å². The van der Waals surface area contributed by atoms with Crippen LogP contribution in [-0.2, 0) is 24.1 Å². The zero-order valence-electron chi connectivity index (χ0n) is 11.8. The van der Waals surface area contributed by atoms with Gasteiger partial charge in [-0.3, -0.25) is 4.79 Å². The number of likely N-dealkylation sites (tertiary alicyclic amines) is 1. The first kappa shape index (κ1) is 14.1. The van der Waals surface area contributed by atoms with Crippen molar-refractivity contribution in [2.75, 3.05) is 13.1 Å². The first-order valence-electron chi connectivity index (χ1n) is 7.17. The summed E-state index contributed by atoms with van der Waals surface area (Å²) in [6, 6.07) is 0.211. The number of amides is 1. The van der Waals surface area contributed by atoms with Crippen LogP contribution in [-0.4, -0.2) is 35.1 Å². The quantitative estimate of drug-likeness (QED) is 0.870. The van der Waals surface area contributed by atoms with Crippen molar-refractivity contribution in [3.8, 4) is 0 Å². The van der Waals surface area contributed by atoms with Gasteiger partial charge in [-0.1, -0.05) is 19.0 Å². The van der Waals surface area contributed by atoms with Crippen molar-refractivity contribution in [1.82, 2.24) is 10.1 Å². The highest BCUT2D eigenvalue weighted by molar-refractivity contribution is 5.79. The van der Waals surface area contributed by atoms with E-state index in [2.05, 4.69) is 5.16 Å². The minimum Gasteiger partial charge on any atom is -0.361 e. The highest BCUT2D eigenvalue weighted by Crippen LogP contribution is 2.21. The molecular weight excluding hydrogens is 242 g/mol. The second-order valence-electron chi connectivity index (χ2n) is 5.03. The summed E-state index contributed by atoms with van der Waals surface area (Å²) < 4.78 is 5.31. The molecule has 0 bridgehead atoms. The van der Waals surface area contributed by atoms with Crippen molar-refractivity contribution in [3.63, 3.8) is 0 Å². The number of nitrogens with two attached hydrogens (primary N) is 1. The molecule has 19 heavy (non-hydrogen) atoms. The molecule has 0 aromatic carbocycles. The van der Waals surface area contributed by atoms with E-state index in [1.54, 1.807) is 0 Å². The Morgan fingerprint density at radius 3 is 2.89 bits per heavy atom. The number of aromatic nitrogens is 1. The van der Waals surface area contributed by atoms with Crippen LogP contribution >= 0.6 is 0 Å². The van der Waals surface area contributed by atoms with Gasteiger partial charge in [-0.05, 0) is 19.3 Å². The average Bonchev–Trinajstić information content (AvgIpc) is 3.04. The Morgan fingerprint density at radius 1 is 1.47 bits per heavy atom. The Balaban J connectivity index is 2.12. The van der Waals surface area contributed by atoms with Crippen LogP contribution < -0.4 is 5.73 Å². The van der Waals surface area contributed by atoms with E-state index in [-0.39, 0.29) is 11.9 Å².